The number of benzene rings is 2. The Hall–Kier alpha value is -2.24. The molecule has 0 aliphatic heterocycles. The lowest BCUT2D eigenvalue weighted by Gasteiger charge is -2.12. The first-order valence-electron chi connectivity index (χ1n) is 7.08. The van der Waals surface area contributed by atoms with Gasteiger partial charge in [-0.25, -0.2) is 4.79 Å². The van der Waals surface area contributed by atoms with Gasteiger partial charge in [-0.05, 0) is 31.2 Å². The van der Waals surface area contributed by atoms with Crippen molar-refractivity contribution in [3.8, 4) is 5.75 Å². The zero-order valence-electron chi connectivity index (χ0n) is 13.1. The molecule has 1 amide bonds. The van der Waals surface area contributed by atoms with Crippen molar-refractivity contribution in [1.29, 1.82) is 0 Å². The maximum Gasteiger partial charge on any atom is 0.339 e. The standard InChI is InChI=1S/C17H15Cl2NO4/c1-3-24-15-12(18)8-10(9-13(15)19)16(21)20-14-7-5-4-6-11(14)17(22)23-2/h4-9H,3H2,1-2H3,(H,20,21). The van der Waals surface area contributed by atoms with Crippen LogP contribution < -0.4 is 10.1 Å². The van der Waals surface area contributed by atoms with Crippen LogP contribution in [0.5, 0.6) is 5.75 Å². The van der Waals surface area contributed by atoms with Crippen molar-refractivity contribution >= 4 is 40.8 Å². The molecule has 0 spiro atoms. The molecule has 7 heteroatoms. The predicted octanol–water partition coefficient (Wildman–Crippen LogP) is 4.43. The number of hydrogen-bond acceptors (Lipinski definition) is 4. The minimum atomic E-state index is -0.548. The SMILES string of the molecule is CCOc1c(Cl)cc(C(=O)Nc2ccccc2C(=O)OC)cc1Cl. The number of para-hydroxylation sites is 1. The largest absolute Gasteiger partial charge is 0.491 e. The van der Waals surface area contributed by atoms with Gasteiger partial charge >= 0.3 is 5.97 Å². The third-order valence-electron chi connectivity index (χ3n) is 3.13. The first kappa shape index (κ1) is 18.1. The second kappa shape index (κ2) is 8.04. The average Bonchev–Trinajstić information content (AvgIpc) is 2.57. The zero-order valence-corrected chi connectivity index (χ0v) is 14.6. The van der Waals surface area contributed by atoms with Crippen LogP contribution >= 0.6 is 23.2 Å². The molecule has 2 aromatic carbocycles. The third-order valence-corrected chi connectivity index (χ3v) is 3.69. The Bertz CT molecular complexity index is 754. The summed E-state index contributed by atoms with van der Waals surface area (Å²) in [7, 11) is 1.27. The van der Waals surface area contributed by atoms with Crippen LogP contribution in [0.3, 0.4) is 0 Å². The fraction of sp³-hybridized carbons (Fsp3) is 0.176. The molecule has 2 aromatic rings. The van der Waals surface area contributed by atoms with Gasteiger partial charge in [0.15, 0.2) is 5.75 Å². The molecule has 0 heterocycles. The summed E-state index contributed by atoms with van der Waals surface area (Å²) in [4.78, 5) is 24.2. The highest BCUT2D eigenvalue weighted by atomic mass is 35.5. The summed E-state index contributed by atoms with van der Waals surface area (Å²) in [6, 6.07) is 9.43. The van der Waals surface area contributed by atoms with Crippen LogP contribution in [0.25, 0.3) is 0 Å². The van der Waals surface area contributed by atoms with Crippen molar-refractivity contribution < 1.29 is 19.1 Å². The van der Waals surface area contributed by atoms with Crippen molar-refractivity contribution in [3.05, 3.63) is 57.6 Å². The van der Waals surface area contributed by atoms with Gasteiger partial charge in [-0.3, -0.25) is 4.79 Å². The van der Waals surface area contributed by atoms with E-state index in [-0.39, 0.29) is 21.2 Å². The lowest BCUT2D eigenvalue weighted by molar-refractivity contribution is 0.0602. The van der Waals surface area contributed by atoms with E-state index in [0.717, 1.165) is 0 Å². The van der Waals surface area contributed by atoms with Crippen molar-refractivity contribution in [2.24, 2.45) is 0 Å². The first-order valence-corrected chi connectivity index (χ1v) is 7.84. The van der Waals surface area contributed by atoms with E-state index in [4.69, 9.17) is 32.7 Å². The molecule has 1 N–H and O–H groups in total. The summed E-state index contributed by atoms with van der Waals surface area (Å²) in [6.07, 6.45) is 0. The van der Waals surface area contributed by atoms with Gasteiger partial charge in [0.2, 0.25) is 0 Å². The van der Waals surface area contributed by atoms with E-state index in [9.17, 15) is 9.59 Å². The minimum Gasteiger partial charge on any atom is -0.491 e. The van der Waals surface area contributed by atoms with E-state index in [0.29, 0.717) is 18.0 Å². The molecule has 0 aromatic heterocycles. The first-order chi connectivity index (χ1) is 11.5. The summed E-state index contributed by atoms with van der Waals surface area (Å²) >= 11 is 12.2. The van der Waals surface area contributed by atoms with Gasteiger partial charge in [0.05, 0.1) is 35.0 Å². The topological polar surface area (TPSA) is 64.6 Å². The number of halogens is 2. The smallest absolute Gasteiger partial charge is 0.339 e. The molecule has 0 radical (unpaired) electrons. The molecule has 2 rings (SSSR count). The summed E-state index contributed by atoms with van der Waals surface area (Å²) in [6.45, 7) is 2.20. The predicted molar refractivity (Wildman–Crippen MR) is 93.4 cm³/mol. The van der Waals surface area contributed by atoms with Crippen LogP contribution in [0.2, 0.25) is 10.0 Å². The lowest BCUT2D eigenvalue weighted by Crippen LogP contribution is -2.15. The number of amides is 1. The van der Waals surface area contributed by atoms with Crippen LogP contribution in [0.4, 0.5) is 5.69 Å². The Morgan fingerprint density at radius 2 is 1.75 bits per heavy atom. The maximum atomic E-state index is 12.4. The fourth-order valence-corrected chi connectivity index (χ4v) is 2.64. The van der Waals surface area contributed by atoms with Crippen molar-refractivity contribution in [2.45, 2.75) is 6.92 Å². The van der Waals surface area contributed by atoms with Crippen molar-refractivity contribution in [3.63, 3.8) is 0 Å². The maximum absolute atomic E-state index is 12.4. The Labute approximate surface area is 149 Å². The summed E-state index contributed by atoms with van der Waals surface area (Å²) < 4.78 is 10.0. The number of methoxy groups -OCH3 is 1. The van der Waals surface area contributed by atoms with Crippen LogP contribution in [0.1, 0.15) is 27.6 Å². The molecule has 0 aliphatic carbocycles. The number of carbonyl (C=O) groups is 2. The van der Waals surface area contributed by atoms with Gasteiger partial charge in [-0.2, -0.15) is 0 Å². The van der Waals surface area contributed by atoms with Gasteiger partial charge in [0, 0.05) is 5.56 Å². The Kier molecular flexibility index (Phi) is 6.06. The molecule has 0 aliphatic rings. The van der Waals surface area contributed by atoms with Crippen molar-refractivity contribution in [2.75, 3.05) is 19.0 Å². The highest BCUT2D eigenvalue weighted by Gasteiger charge is 2.17. The Balaban J connectivity index is 2.30. The average molecular weight is 368 g/mol. The molecular weight excluding hydrogens is 353 g/mol. The highest BCUT2D eigenvalue weighted by Crippen LogP contribution is 2.34. The number of nitrogens with one attached hydrogen (secondary N) is 1. The van der Waals surface area contributed by atoms with Crippen LogP contribution in [0.15, 0.2) is 36.4 Å². The van der Waals surface area contributed by atoms with Gasteiger partial charge in [0.1, 0.15) is 0 Å². The van der Waals surface area contributed by atoms with Crippen LogP contribution in [0, 0.1) is 0 Å². The number of esters is 1. The minimum absolute atomic E-state index is 0.232. The fourth-order valence-electron chi connectivity index (χ4n) is 2.05. The van der Waals surface area contributed by atoms with E-state index in [1.54, 1.807) is 31.2 Å². The molecule has 0 unspecified atom stereocenters. The van der Waals surface area contributed by atoms with Crippen LogP contribution in [-0.4, -0.2) is 25.6 Å². The molecule has 0 atom stereocenters. The lowest BCUT2D eigenvalue weighted by atomic mass is 10.1. The molecule has 0 saturated carbocycles. The number of ether oxygens (including phenoxy) is 2. The highest BCUT2D eigenvalue weighted by molar-refractivity contribution is 6.37. The molecular formula is C17H15Cl2NO4. The van der Waals surface area contributed by atoms with Gasteiger partial charge in [0.25, 0.3) is 5.91 Å². The number of rotatable bonds is 5. The molecule has 0 bridgehead atoms. The van der Waals surface area contributed by atoms with E-state index in [2.05, 4.69) is 5.32 Å². The number of anilines is 1. The molecule has 126 valence electrons. The molecule has 0 fully saturated rings. The molecule has 0 saturated heterocycles. The quantitative estimate of drug-likeness (QED) is 0.793. The van der Waals surface area contributed by atoms with Crippen LogP contribution in [-0.2, 0) is 4.74 Å². The van der Waals surface area contributed by atoms with E-state index < -0.39 is 11.9 Å². The second-order valence-electron chi connectivity index (χ2n) is 4.69. The number of carbonyl (C=O) groups excluding carboxylic acids is 2. The van der Waals surface area contributed by atoms with Crippen molar-refractivity contribution in [1.82, 2.24) is 0 Å². The number of hydrogen-bond donors (Lipinski definition) is 1. The van der Waals surface area contributed by atoms with Gasteiger partial charge < -0.3 is 14.8 Å². The van der Waals surface area contributed by atoms with E-state index >= 15 is 0 Å². The van der Waals surface area contributed by atoms with Gasteiger partial charge in [-0.15, -0.1) is 0 Å². The zero-order chi connectivity index (χ0) is 17.7. The normalized spacial score (nSPS) is 10.2. The Morgan fingerprint density at radius 3 is 2.33 bits per heavy atom. The molecule has 5 nitrogen and oxygen atoms in total. The monoisotopic (exact) mass is 367 g/mol. The summed E-state index contributed by atoms with van der Waals surface area (Å²) in [5.74, 6) is -0.681. The second-order valence-corrected chi connectivity index (χ2v) is 5.51. The van der Waals surface area contributed by atoms with E-state index in [1.165, 1.54) is 19.2 Å². The summed E-state index contributed by atoms with van der Waals surface area (Å²) in [5.41, 5.74) is 0.820. The third kappa shape index (κ3) is 3.99. The van der Waals surface area contributed by atoms with E-state index in [1.807, 2.05) is 0 Å². The van der Waals surface area contributed by atoms with Gasteiger partial charge in [-0.1, -0.05) is 35.3 Å². The molecule has 24 heavy (non-hydrogen) atoms. The summed E-state index contributed by atoms with van der Waals surface area (Å²) in [5, 5.41) is 3.11. The Morgan fingerprint density at radius 1 is 1.12 bits per heavy atom.